The van der Waals surface area contributed by atoms with Crippen LogP contribution in [-0.2, 0) is 26.1 Å². The summed E-state index contributed by atoms with van der Waals surface area (Å²) in [5.41, 5.74) is 1.50. The molecule has 0 amide bonds. The minimum Gasteiger partial charge on any atom is -0.469 e. The summed E-state index contributed by atoms with van der Waals surface area (Å²) in [6, 6.07) is 14.4. The second kappa shape index (κ2) is 8.60. The molecule has 0 radical (unpaired) electrons. The molecule has 0 aliphatic heterocycles. The molecule has 5 nitrogen and oxygen atoms in total. The molecule has 0 bridgehead atoms. The van der Waals surface area contributed by atoms with Gasteiger partial charge < -0.3 is 4.74 Å². The van der Waals surface area contributed by atoms with Crippen LogP contribution in [0, 0.1) is 6.92 Å². The lowest BCUT2D eigenvalue weighted by Crippen LogP contribution is -2.33. The molecular weight excluding hydrogens is 406 g/mol. The van der Waals surface area contributed by atoms with E-state index >= 15 is 0 Å². The van der Waals surface area contributed by atoms with Gasteiger partial charge in [-0.2, -0.15) is 4.31 Å². The maximum absolute atomic E-state index is 13.2. The van der Waals surface area contributed by atoms with E-state index in [2.05, 4.69) is 20.7 Å². The molecule has 0 atom stereocenters. The van der Waals surface area contributed by atoms with E-state index in [4.69, 9.17) is 0 Å². The lowest BCUT2D eigenvalue weighted by atomic mass is 10.2. The van der Waals surface area contributed by atoms with Crippen LogP contribution in [0.25, 0.3) is 0 Å². The van der Waals surface area contributed by atoms with E-state index in [0.29, 0.717) is 10.0 Å². The van der Waals surface area contributed by atoms with Gasteiger partial charge in [-0.15, -0.1) is 0 Å². The third-order valence-corrected chi connectivity index (χ3v) is 6.24. The van der Waals surface area contributed by atoms with E-state index in [0.717, 1.165) is 5.56 Å². The van der Waals surface area contributed by atoms with Crippen molar-refractivity contribution in [2.45, 2.75) is 24.8 Å². The van der Waals surface area contributed by atoms with Crippen molar-refractivity contribution in [1.82, 2.24) is 4.31 Å². The lowest BCUT2D eigenvalue weighted by Gasteiger charge is -2.23. The number of hydrogen-bond acceptors (Lipinski definition) is 4. The number of carbonyl (C=O) groups is 1. The molecule has 0 aromatic heterocycles. The van der Waals surface area contributed by atoms with E-state index in [1.54, 1.807) is 25.1 Å². The van der Waals surface area contributed by atoms with Gasteiger partial charge in [-0.3, -0.25) is 4.79 Å². The quantitative estimate of drug-likeness (QED) is 0.636. The SMILES string of the molecule is COC(=O)CCN(Cc1ccccc1)S(=O)(=O)c1cc(Br)ccc1C. The Bertz CT molecular complexity index is 837. The number of methoxy groups -OCH3 is 1. The molecule has 0 spiro atoms. The fraction of sp³-hybridized carbons (Fsp3) is 0.278. The summed E-state index contributed by atoms with van der Waals surface area (Å²) in [5.74, 6) is -0.445. The standard InChI is InChI=1S/C18H20BrNO4S/c1-14-8-9-16(19)12-17(14)25(22,23)20(11-10-18(21)24-2)13-15-6-4-3-5-7-15/h3-9,12H,10-11,13H2,1-2H3. The van der Waals surface area contributed by atoms with Crippen molar-refractivity contribution in [1.29, 1.82) is 0 Å². The summed E-state index contributed by atoms with van der Waals surface area (Å²) in [4.78, 5) is 11.7. The maximum Gasteiger partial charge on any atom is 0.306 e. The summed E-state index contributed by atoms with van der Waals surface area (Å²) in [6.45, 7) is 1.99. The van der Waals surface area contributed by atoms with Gasteiger partial charge in [0, 0.05) is 17.6 Å². The largest absolute Gasteiger partial charge is 0.469 e. The summed E-state index contributed by atoms with van der Waals surface area (Å²) < 4.78 is 33.0. The first kappa shape index (κ1) is 19.6. The Kier molecular flexibility index (Phi) is 6.75. The first-order valence-corrected chi connectivity index (χ1v) is 9.95. The van der Waals surface area contributed by atoms with Crippen LogP contribution in [0.3, 0.4) is 0 Å². The van der Waals surface area contributed by atoms with E-state index in [1.807, 2.05) is 30.3 Å². The molecule has 0 saturated heterocycles. The van der Waals surface area contributed by atoms with Gasteiger partial charge in [0.1, 0.15) is 0 Å². The van der Waals surface area contributed by atoms with Crippen LogP contribution < -0.4 is 0 Å². The molecular formula is C18H20BrNO4S. The molecule has 0 aliphatic carbocycles. The zero-order valence-corrected chi connectivity index (χ0v) is 16.5. The third kappa shape index (κ3) is 5.14. The fourth-order valence-electron chi connectivity index (χ4n) is 2.38. The van der Waals surface area contributed by atoms with Gasteiger partial charge in [-0.1, -0.05) is 52.3 Å². The fourth-order valence-corrected chi connectivity index (χ4v) is 4.57. The number of esters is 1. The number of rotatable bonds is 7. The second-order valence-corrected chi connectivity index (χ2v) is 8.38. The predicted octanol–water partition coefficient (Wildman–Crippen LogP) is 3.51. The molecule has 7 heteroatoms. The van der Waals surface area contributed by atoms with Crippen LogP contribution in [0.1, 0.15) is 17.5 Å². The molecule has 134 valence electrons. The van der Waals surface area contributed by atoms with Crippen LogP contribution in [0.2, 0.25) is 0 Å². The highest BCUT2D eigenvalue weighted by Crippen LogP contribution is 2.25. The first-order valence-electron chi connectivity index (χ1n) is 7.71. The van der Waals surface area contributed by atoms with Gasteiger partial charge in [0.05, 0.1) is 18.4 Å². The Balaban J connectivity index is 2.38. The maximum atomic E-state index is 13.2. The molecule has 2 rings (SSSR count). The Morgan fingerprint density at radius 1 is 1.16 bits per heavy atom. The Labute approximate surface area is 156 Å². The number of carbonyl (C=O) groups excluding carboxylic acids is 1. The smallest absolute Gasteiger partial charge is 0.306 e. The van der Waals surface area contributed by atoms with E-state index < -0.39 is 16.0 Å². The zero-order chi connectivity index (χ0) is 18.4. The van der Waals surface area contributed by atoms with Crippen LogP contribution in [0.4, 0.5) is 0 Å². The average molecular weight is 426 g/mol. The van der Waals surface area contributed by atoms with Crippen molar-refractivity contribution in [3.8, 4) is 0 Å². The minimum absolute atomic E-state index is 0.00435. The van der Waals surface area contributed by atoms with Crippen molar-refractivity contribution >= 4 is 31.9 Å². The number of hydrogen-bond donors (Lipinski definition) is 0. The molecule has 0 aliphatic rings. The molecule has 2 aromatic rings. The Morgan fingerprint density at radius 2 is 1.84 bits per heavy atom. The van der Waals surface area contributed by atoms with Crippen molar-refractivity contribution in [3.63, 3.8) is 0 Å². The topological polar surface area (TPSA) is 63.7 Å². The number of aryl methyl sites for hydroxylation is 1. The zero-order valence-electron chi connectivity index (χ0n) is 14.1. The number of ether oxygens (including phenoxy) is 1. The lowest BCUT2D eigenvalue weighted by molar-refractivity contribution is -0.140. The molecule has 0 N–H and O–H groups in total. The van der Waals surface area contributed by atoms with E-state index in [1.165, 1.54) is 11.4 Å². The van der Waals surface area contributed by atoms with Gasteiger partial charge in [0.15, 0.2) is 0 Å². The molecule has 0 fully saturated rings. The van der Waals surface area contributed by atoms with Gasteiger partial charge in [-0.25, -0.2) is 8.42 Å². The number of sulfonamides is 1. The first-order chi connectivity index (χ1) is 11.8. The van der Waals surface area contributed by atoms with Crippen LogP contribution in [0.15, 0.2) is 57.9 Å². The number of halogens is 1. The normalized spacial score (nSPS) is 11.5. The molecule has 0 heterocycles. The molecule has 0 unspecified atom stereocenters. The minimum atomic E-state index is -3.76. The monoisotopic (exact) mass is 425 g/mol. The summed E-state index contributed by atoms with van der Waals surface area (Å²) in [6.07, 6.45) is -0.00435. The average Bonchev–Trinajstić information content (AvgIpc) is 2.60. The summed E-state index contributed by atoms with van der Waals surface area (Å²) in [7, 11) is -2.47. The van der Waals surface area contributed by atoms with E-state index in [9.17, 15) is 13.2 Å². The van der Waals surface area contributed by atoms with Crippen molar-refractivity contribution in [2.24, 2.45) is 0 Å². The molecule has 2 aromatic carbocycles. The number of benzene rings is 2. The van der Waals surface area contributed by atoms with Crippen molar-refractivity contribution < 1.29 is 17.9 Å². The van der Waals surface area contributed by atoms with Gasteiger partial charge in [-0.05, 0) is 30.2 Å². The predicted molar refractivity (Wildman–Crippen MR) is 99.5 cm³/mol. The Hall–Kier alpha value is -1.70. The second-order valence-electron chi connectivity index (χ2n) is 5.56. The van der Waals surface area contributed by atoms with Gasteiger partial charge in [0.2, 0.25) is 10.0 Å². The van der Waals surface area contributed by atoms with E-state index in [-0.39, 0.29) is 24.4 Å². The highest BCUT2D eigenvalue weighted by Gasteiger charge is 2.27. The van der Waals surface area contributed by atoms with Crippen LogP contribution in [-0.4, -0.2) is 32.3 Å². The summed E-state index contributed by atoms with van der Waals surface area (Å²) in [5, 5.41) is 0. The van der Waals surface area contributed by atoms with Gasteiger partial charge >= 0.3 is 5.97 Å². The van der Waals surface area contributed by atoms with Gasteiger partial charge in [0.25, 0.3) is 0 Å². The molecule has 0 saturated carbocycles. The highest BCUT2D eigenvalue weighted by atomic mass is 79.9. The summed E-state index contributed by atoms with van der Waals surface area (Å²) >= 11 is 3.32. The van der Waals surface area contributed by atoms with Crippen molar-refractivity contribution in [3.05, 3.63) is 64.1 Å². The highest BCUT2D eigenvalue weighted by molar-refractivity contribution is 9.10. The Morgan fingerprint density at radius 3 is 2.48 bits per heavy atom. The van der Waals surface area contributed by atoms with Crippen LogP contribution in [0.5, 0.6) is 0 Å². The molecule has 25 heavy (non-hydrogen) atoms. The number of nitrogens with zero attached hydrogens (tertiary/aromatic N) is 1. The van der Waals surface area contributed by atoms with Crippen LogP contribution >= 0.6 is 15.9 Å². The van der Waals surface area contributed by atoms with Crippen molar-refractivity contribution in [2.75, 3.05) is 13.7 Å². The third-order valence-electron chi connectivity index (χ3n) is 3.76.